The van der Waals surface area contributed by atoms with E-state index in [1.807, 2.05) is 16.8 Å². The summed E-state index contributed by atoms with van der Waals surface area (Å²) in [5.41, 5.74) is 8.62. The van der Waals surface area contributed by atoms with E-state index in [9.17, 15) is 9.90 Å². The van der Waals surface area contributed by atoms with Gasteiger partial charge in [0.1, 0.15) is 0 Å². The van der Waals surface area contributed by atoms with Crippen molar-refractivity contribution in [2.45, 2.75) is 26.3 Å². The average molecular weight is 276 g/mol. The zero-order valence-electron chi connectivity index (χ0n) is 11.6. The van der Waals surface area contributed by atoms with Crippen LogP contribution in [0.1, 0.15) is 27.9 Å². The number of fused-ring (bicyclic) bond motifs is 1. The van der Waals surface area contributed by atoms with E-state index in [0.29, 0.717) is 18.7 Å². The van der Waals surface area contributed by atoms with Gasteiger partial charge in [-0.2, -0.15) is 0 Å². The Balaban J connectivity index is 2.59. The summed E-state index contributed by atoms with van der Waals surface area (Å²) in [6, 6.07) is 3.60. The maximum atomic E-state index is 11.2. The van der Waals surface area contributed by atoms with Gasteiger partial charge in [-0.25, -0.2) is 4.79 Å². The summed E-state index contributed by atoms with van der Waals surface area (Å²) in [6.07, 6.45) is 3.73. The molecule has 0 spiro atoms. The van der Waals surface area contributed by atoms with Gasteiger partial charge in [-0.3, -0.25) is 0 Å². The fraction of sp³-hybridized carbons (Fsp3) is 0.400. The van der Waals surface area contributed by atoms with Crippen molar-refractivity contribution in [1.82, 2.24) is 4.57 Å². The molecule has 1 heterocycles. The SMILES string of the molecule is Cc1cc2c(CCCN)cn(CCO)c2cc1C(=O)O. The van der Waals surface area contributed by atoms with Gasteiger partial charge >= 0.3 is 5.97 Å². The number of rotatable bonds is 6. The van der Waals surface area contributed by atoms with Crippen LogP contribution in [0.25, 0.3) is 10.9 Å². The number of carboxylic acid groups (broad SMARTS) is 1. The highest BCUT2D eigenvalue weighted by Gasteiger charge is 2.14. The maximum Gasteiger partial charge on any atom is 0.336 e. The van der Waals surface area contributed by atoms with Crippen molar-refractivity contribution >= 4 is 16.9 Å². The van der Waals surface area contributed by atoms with Crippen molar-refractivity contribution in [2.75, 3.05) is 13.2 Å². The van der Waals surface area contributed by atoms with Crippen LogP contribution >= 0.6 is 0 Å². The Bertz CT molecular complexity index is 632. The van der Waals surface area contributed by atoms with Crippen molar-refractivity contribution < 1.29 is 15.0 Å². The summed E-state index contributed by atoms with van der Waals surface area (Å²) in [5, 5.41) is 19.4. The van der Waals surface area contributed by atoms with Crippen LogP contribution < -0.4 is 5.73 Å². The van der Waals surface area contributed by atoms with E-state index >= 15 is 0 Å². The normalized spacial score (nSPS) is 11.2. The molecule has 0 radical (unpaired) electrons. The lowest BCUT2D eigenvalue weighted by atomic mass is 10.0. The summed E-state index contributed by atoms with van der Waals surface area (Å²) in [6.45, 7) is 2.91. The molecule has 0 aliphatic rings. The molecule has 0 saturated carbocycles. The third-order valence-electron chi connectivity index (χ3n) is 3.53. The molecule has 20 heavy (non-hydrogen) atoms. The molecule has 1 aromatic carbocycles. The highest BCUT2D eigenvalue weighted by Crippen LogP contribution is 2.26. The number of carbonyl (C=O) groups is 1. The fourth-order valence-electron chi connectivity index (χ4n) is 2.53. The Morgan fingerprint density at radius 3 is 2.75 bits per heavy atom. The van der Waals surface area contributed by atoms with E-state index < -0.39 is 5.97 Å². The topological polar surface area (TPSA) is 88.5 Å². The molecule has 5 nitrogen and oxygen atoms in total. The molecule has 0 aliphatic carbocycles. The Hall–Kier alpha value is -1.85. The van der Waals surface area contributed by atoms with Crippen LogP contribution in [0.2, 0.25) is 0 Å². The van der Waals surface area contributed by atoms with Crippen molar-refractivity contribution in [3.8, 4) is 0 Å². The number of hydrogen-bond acceptors (Lipinski definition) is 3. The second-order valence-electron chi connectivity index (χ2n) is 4.95. The minimum Gasteiger partial charge on any atom is -0.478 e. The molecule has 0 bridgehead atoms. The summed E-state index contributed by atoms with van der Waals surface area (Å²) in [7, 11) is 0. The molecule has 1 aromatic heterocycles. The zero-order valence-corrected chi connectivity index (χ0v) is 11.6. The van der Waals surface area contributed by atoms with Crippen LogP contribution in [0.15, 0.2) is 18.3 Å². The van der Waals surface area contributed by atoms with Gasteiger partial charge in [-0.15, -0.1) is 0 Å². The zero-order chi connectivity index (χ0) is 14.7. The maximum absolute atomic E-state index is 11.2. The van der Waals surface area contributed by atoms with E-state index in [1.165, 1.54) is 0 Å². The molecule has 2 aromatic rings. The minimum absolute atomic E-state index is 0.0242. The van der Waals surface area contributed by atoms with Crippen LogP contribution in [0.4, 0.5) is 0 Å². The van der Waals surface area contributed by atoms with E-state index in [0.717, 1.165) is 34.9 Å². The first-order valence-corrected chi connectivity index (χ1v) is 6.75. The number of nitrogens with zero attached hydrogens (tertiary/aromatic N) is 1. The summed E-state index contributed by atoms with van der Waals surface area (Å²) in [5.74, 6) is -0.926. The van der Waals surface area contributed by atoms with E-state index in [4.69, 9.17) is 10.8 Å². The molecule has 5 heteroatoms. The Morgan fingerprint density at radius 2 is 2.15 bits per heavy atom. The van der Waals surface area contributed by atoms with Crippen LogP contribution in [0.5, 0.6) is 0 Å². The van der Waals surface area contributed by atoms with Crippen molar-refractivity contribution in [3.63, 3.8) is 0 Å². The van der Waals surface area contributed by atoms with E-state index in [1.54, 1.807) is 13.0 Å². The fourth-order valence-corrected chi connectivity index (χ4v) is 2.53. The highest BCUT2D eigenvalue weighted by atomic mass is 16.4. The van der Waals surface area contributed by atoms with Gasteiger partial charge in [-0.05, 0) is 49.6 Å². The highest BCUT2D eigenvalue weighted by molar-refractivity contribution is 5.96. The van der Waals surface area contributed by atoms with Gasteiger partial charge in [0.05, 0.1) is 12.2 Å². The second kappa shape index (κ2) is 6.07. The smallest absolute Gasteiger partial charge is 0.336 e. The largest absolute Gasteiger partial charge is 0.478 e. The summed E-state index contributed by atoms with van der Waals surface area (Å²) < 4.78 is 1.91. The standard InChI is InChI=1S/C15H20N2O3/c1-10-7-13-11(3-2-4-16)9-17(5-6-18)14(13)8-12(10)15(19)20/h7-9,18H,2-6,16H2,1H3,(H,19,20). The monoisotopic (exact) mass is 276 g/mol. The van der Waals surface area contributed by atoms with Gasteiger partial charge in [0.25, 0.3) is 0 Å². The quantitative estimate of drug-likeness (QED) is 0.746. The minimum atomic E-state index is -0.926. The Morgan fingerprint density at radius 1 is 1.40 bits per heavy atom. The van der Waals surface area contributed by atoms with Crippen molar-refractivity contribution in [3.05, 3.63) is 35.0 Å². The molecule has 0 fully saturated rings. The summed E-state index contributed by atoms with van der Waals surface area (Å²) in [4.78, 5) is 11.2. The molecule has 0 aliphatic heterocycles. The summed E-state index contributed by atoms with van der Waals surface area (Å²) >= 11 is 0. The number of aromatic carboxylic acids is 1. The number of hydrogen-bond donors (Lipinski definition) is 3. The van der Waals surface area contributed by atoms with Gasteiger partial charge in [-0.1, -0.05) is 0 Å². The number of carboxylic acids is 1. The lowest BCUT2D eigenvalue weighted by Crippen LogP contribution is -2.03. The molecular formula is C15H20N2O3. The molecule has 0 saturated heterocycles. The Kier molecular flexibility index (Phi) is 4.42. The molecule has 0 unspecified atom stereocenters. The number of aliphatic hydroxyl groups excluding tert-OH is 1. The van der Waals surface area contributed by atoms with E-state index in [-0.39, 0.29) is 6.61 Å². The van der Waals surface area contributed by atoms with Gasteiger partial charge in [0.2, 0.25) is 0 Å². The van der Waals surface area contributed by atoms with Crippen LogP contribution in [0.3, 0.4) is 0 Å². The lowest BCUT2D eigenvalue weighted by molar-refractivity contribution is 0.0696. The Labute approximate surface area is 117 Å². The lowest BCUT2D eigenvalue weighted by Gasteiger charge is -2.06. The molecule has 4 N–H and O–H groups in total. The molecule has 108 valence electrons. The number of benzene rings is 1. The predicted molar refractivity (Wildman–Crippen MR) is 78.1 cm³/mol. The number of nitrogens with two attached hydrogens (primary N) is 1. The van der Waals surface area contributed by atoms with Crippen LogP contribution in [-0.2, 0) is 13.0 Å². The molecule has 0 amide bonds. The van der Waals surface area contributed by atoms with Crippen molar-refractivity contribution in [1.29, 1.82) is 0 Å². The molecule has 0 atom stereocenters. The van der Waals surface area contributed by atoms with Crippen LogP contribution in [0, 0.1) is 6.92 Å². The van der Waals surface area contributed by atoms with Crippen molar-refractivity contribution in [2.24, 2.45) is 5.73 Å². The third-order valence-corrected chi connectivity index (χ3v) is 3.53. The first kappa shape index (κ1) is 14.6. The van der Waals surface area contributed by atoms with Gasteiger partial charge in [0.15, 0.2) is 0 Å². The third kappa shape index (κ3) is 2.69. The molecule has 2 rings (SSSR count). The number of aromatic nitrogens is 1. The first-order valence-electron chi connectivity index (χ1n) is 6.75. The average Bonchev–Trinajstić information content (AvgIpc) is 2.73. The number of aryl methyl sites for hydroxylation is 2. The van der Waals surface area contributed by atoms with Gasteiger partial charge < -0.3 is 20.5 Å². The second-order valence-corrected chi connectivity index (χ2v) is 4.95. The number of aliphatic hydroxyl groups is 1. The molecular weight excluding hydrogens is 256 g/mol. The first-order chi connectivity index (χ1) is 9.58. The predicted octanol–water partition coefficient (Wildman–Crippen LogP) is 1.53. The van der Waals surface area contributed by atoms with Crippen LogP contribution in [-0.4, -0.2) is 33.9 Å². The van der Waals surface area contributed by atoms with E-state index in [2.05, 4.69) is 0 Å². The van der Waals surface area contributed by atoms with Gasteiger partial charge in [0, 0.05) is 23.6 Å².